The Morgan fingerprint density at radius 2 is 1.57 bits per heavy atom. The molecular weight excluding hydrogens is 408 g/mol. The highest BCUT2D eigenvalue weighted by Crippen LogP contribution is 2.48. The molecule has 1 aromatic heterocycles. The van der Waals surface area contributed by atoms with E-state index in [1.165, 1.54) is 12.1 Å². The molecule has 108 valence electrons. The van der Waals surface area contributed by atoms with E-state index in [0.717, 1.165) is 4.47 Å². The van der Waals surface area contributed by atoms with Gasteiger partial charge in [-0.05, 0) is 40.2 Å². The van der Waals surface area contributed by atoms with Crippen molar-refractivity contribution in [3.05, 3.63) is 33.2 Å². The second kappa shape index (κ2) is 4.85. The standard InChI is InChI=1S/C14H8Br2O5/c15-7-1-2-8(17)14-5(7)4-10(21-14)6-3-9(18)12(19)13(20)11(6)16/h1-4,17-20H. The lowest BCUT2D eigenvalue weighted by Gasteiger charge is -2.07. The van der Waals surface area contributed by atoms with E-state index in [1.807, 2.05) is 0 Å². The molecule has 0 saturated heterocycles. The third-order valence-electron chi connectivity index (χ3n) is 3.07. The molecule has 1 heterocycles. The Bertz CT molecular complexity index is 831. The Labute approximate surface area is 135 Å². The average Bonchev–Trinajstić information content (AvgIpc) is 2.91. The van der Waals surface area contributed by atoms with Crippen molar-refractivity contribution in [1.82, 2.24) is 0 Å². The maximum Gasteiger partial charge on any atom is 0.201 e. The highest BCUT2D eigenvalue weighted by atomic mass is 79.9. The van der Waals surface area contributed by atoms with Crippen LogP contribution in [0, 0.1) is 0 Å². The van der Waals surface area contributed by atoms with Crippen LogP contribution in [0.1, 0.15) is 0 Å². The van der Waals surface area contributed by atoms with Gasteiger partial charge in [0.1, 0.15) is 5.76 Å². The van der Waals surface area contributed by atoms with Crippen LogP contribution in [-0.4, -0.2) is 20.4 Å². The largest absolute Gasteiger partial charge is 0.504 e. The number of phenolic OH excluding ortho intramolecular Hbond substituents is 4. The predicted octanol–water partition coefficient (Wildman–Crippen LogP) is 4.45. The van der Waals surface area contributed by atoms with Crippen molar-refractivity contribution in [1.29, 1.82) is 0 Å². The second-order valence-corrected chi connectivity index (χ2v) is 6.02. The molecule has 0 fully saturated rings. The molecule has 5 nitrogen and oxygen atoms in total. The summed E-state index contributed by atoms with van der Waals surface area (Å²) in [6.07, 6.45) is 0. The van der Waals surface area contributed by atoms with Crippen LogP contribution < -0.4 is 0 Å². The minimum absolute atomic E-state index is 0.0252. The minimum atomic E-state index is -0.620. The van der Waals surface area contributed by atoms with E-state index in [9.17, 15) is 20.4 Å². The highest BCUT2D eigenvalue weighted by molar-refractivity contribution is 9.11. The van der Waals surface area contributed by atoms with Crippen LogP contribution in [0.4, 0.5) is 0 Å². The van der Waals surface area contributed by atoms with Gasteiger partial charge in [0, 0.05) is 15.4 Å². The van der Waals surface area contributed by atoms with E-state index in [0.29, 0.717) is 16.7 Å². The molecular formula is C14H8Br2O5. The first-order valence-electron chi connectivity index (χ1n) is 5.75. The molecule has 0 atom stereocenters. The monoisotopic (exact) mass is 414 g/mol. The Kier molecular flexibility index (Phi) is 3.26. The molecule has 3 rings (SSSR count). The molecule has 21 heavy (non-hydrogen) atoms. The fraction of sp³-hybridized carbons (Fsp3) is 0. The van der Waals surface area contributed by atoms with Crippen molar-refractivity contribution in [3.63, 3.8) is 0 Å². The van der Waals surface area contributed by atoms with Crippen LogP contribution in [0.3, 0.4) is 0 Å². The number of furan rings is 1. The maximum atomic E-state index is 9.81. The van der Waals surface area contributed by atoms with Gasteiger partial charge >= 0.3 is 0 Å². The molecule has 7 heteroatoms. The van der Waals surface area contributed by atoms with Gasteiger partial charge in [-0.25, -0.2) is 0 Å². The normalized spacial score (nSPS) is 11.1. The fourth-order valence-corrected chi connectivity index (χ4v) is 2.93. The van der Waals surface area contributed by atoms with Crippen LogP contribution in [0.2, 0.25) is 0 Å². The van der Waals surface area contributed by atoms with Crippen molar-refractivity contribution in [2.24, 2.45) is 0 Å². The second-order valence-electron chi connectivity index (χ2n) is 4.37. The van der Waals surface area contributed by atoms with Gasteiger partial charge in [0.2, 0.25) is 5.75 Å². The number of benzene rings is 2. The van der Waals surface area contributed by atoms with Crippen LogP contribution in [0.15, 0.2) is 37.6 Å². The maximum absolute atomic E-state index is 9.81. The van der Waals surface area contributed by atoms with Crippen molar-refractivity contribution in [2.75, 3.05) is 0 Å². The Balaban J connectivity index is 2.31. The summed E-state index contributed by atoms with van der Waals surface area (Å²) in [6, 6.07) is 6.06. The highest BCUT2D eigenvalue weighted by Gasteiger charge is 2.20. The summed E-state index contributed by atoms with van der Waals surface area (Å²) < 4.78 is 6.49. The van der Waals surface area contributed by atoms with Gasteiger partial charge in [0.25, 0.3) is 0 Å². The zero-order valence-corrected chi connectivity index (χ0v) is 13.4. The molecule has 4 N–H and O–H groups in total. The molecule has 0 amide bonds. The molecule has 0 aliphatic carbocycles. The van der Waals surface area contributed by atoms with Crippen molar-refractivity contribution >= 4 is 42.8 Å². The fourth-order valence-electron chi connectivity index (χ4n) is 2.01. The Morgan fingerprint density at radius 3 is 2.24 bits per heavy atom. The smallest absolute Gasteiger partial charge is 0.201 e. The summed E-state index contributed by atoms with van der Waals surface area (Å²) in [4.78, 5) is 0. The lowest BCUT2D eigenvalue weighted by Crippen LogP contribution is -1.80. The van der Waals surface area contributed by atoms with E-state index < -0.39 is 17.2 Å². The molecule has 0 unspecified atom stereocenters. The molecule has 0 spiro atoms. The minimum Gasteiger partial charge on any atom is -0.504 e. The van der Waals surface area contributed by atoms with Crippen molar-refractivity contribution in [2.45, 2.75) is 0 Å². The van der Waals surface area contributed by atoms with Crippen molar-refractivity contribution < 1.29 is 24.8 Å². The van der Waals surface area contributed by atoms with E-state index >= 15 is 0 Å². The summed E-state index contributed by atoms with van der Waals surface area (Å²) in [5.41, 5.74) is 0.614. The zero-order valence-electron chi connectivity index (χ0n) is 10.3. The van der Waals surface area contributed by atoms with Gasteiger partial charge in [-0.3, -0.25) is 0 Å². The average molecular weight is 416 g/mol. The first-order chi connectivity index (χ1) is 9.90. The quantitative estimate of drug-likeness (QED) is 0.440. The van der Waals surface area contributed by atoms with Gasteiger partial charge in [-0.15, -0.1) is 0 Å². The molecule has 0 bridgehead atoms. The lowest BCUT2D eigenvalue weighted by atomic mass is 10.1. The number of fused-ring (bicyclic) bond motifs is 1. The molecule has 0 saturated carbocycles. The van der Waals surface area contributed by atoms with Crippen LogP contribution in [0.25, 0.3) is 22.3 Å². The van der Waals surface area contributed by atoms with E-state index in [2.05, 4.69) is 31.9 Å². The summed E-state index contributed by atoms with van der Waals surface area (Å²) in [6.45, 7) is 0. The van der Waals surface area contributed by atoms with Gasteiger partial charge in [0.15, 0.2) is 22.8 Å². The number of halogens is 2. The van der Waals surface area contributed by atoms with E-state index in [4.69, 9.17) is 4.42 Å². The summed E-state index contributed by atoms with van der Waals surface area (Å²) in [7, 11) is 0. The molecule has 0 aliphatic rings. The predicted molar refractivity (Wildman–Crippen MR) is 83.7 cm³/mol. The van der Waals surface area contributed by atoms with Gasteiger partial charge in [-0.2, -0.15) is 0 Å². The summed E-state index contributed by atoms with van der Waals surface area (Å²) in [5, 5.41) is 39.3. The lowest BCUT2D eigenvalue weighted by molar-refractivity contribution is 0.366. The number of hydrogen-bond acceptors (Lipinski definition) is 5. The van der Waals surface area contributed by atoms with E-state index in [-0.39, 0.29) is 15.8 Å². The third kappa shape index (κ3) is 2.13. The molecule has 0 radical (unpaired) electrons. The number of rotatable bonds is 1. The van der Waals surface area contributed by atoms with Gasteiger partial charge in [0.05, 0.1) is 4.47 Å². The third-order valence-corrected chi connectivity index (χ3v) is 4.56. The van der Waals surface area contributed by atoms with Crippen LogP contribution >= 0.6 is 31.9 Å². The molecule has 3 aromatic rings. The first kappa shape index (κ1) is 14.1. The van der Waals surface area contributed by atoms with Crippen LogP contribution in [-0.2, 0) is 0 Å². The van der Waals surface area contributed by atoms with Gasteiger partial charge in [-0.1, -0.05) is 15.9 Å². The first-order valence-corrected chi connectivity index (χ1v) is 7.33. The SMILES string of the molecule is Oc1cc(-c2cc3c(Br)ccc(O)c3o2)c(Br)c(O)c1O. The summed E-state index contributed by atoms with van der Waals surface area (Å²) >= 11 is 6.50. The topological polar surface area (TPSA) is 94.1 Å². The molecule has 2 aromatic carbocycles. The number of phenols is 4. The van der Waals surface area contributed by atoms with Crippen molar-refractivity contribution in [3.8, 4) is 34.3 Å². The zero-order chi connectivity index (χ0) is 15.3. The Hall–Kier alpha value is -1.86. The van der Waals surface area contributed by atoms with Gasteiger partial charge < -0.3 is 24.8 Å². The van der Waals surface area contributed by atoms with Crippen LogP contribution in [0.5, 0.6) is 23.0 Å². The summed E-state index contributed by atoms with van der Waals surface area (Å²) in [5.74, 6) is -1.30. The Morgan fingerprint density at radius 1 is 0.857 bits per heavy atom. The molecule has 0 aliphatic heterocycles. The van der Waals surface area contributed by atoms with E-state index in [1.54, 1.807) is 12.1 Å². The number of aromatic hydroxyl groups is 4. The number of hydrogen-bond donors (Lipinski definition) is 4.